The van der Waals surface area contributed by atoms with E-state index >= 15 is 0 Å². The predicted molar refractivity (Wildman–Crippen MR) is 51.3 cm³/mol. The molecule has 0 amide bonds. The van der Waals surface area contributed by atoms with E-state index in [0.717, 1.165) is 12.3 Å². The summed E-state index contributed by atoms with van der Waals surface area (Å²) in [5, 5.41) is 0. The van der Waals surface area contributed by atoms with E-state index in [1.54, 1.807) is 0 Å². The minimum atomic E-state index is 0.249. The molecule has 3 aliphatic carbocycles. The number of allylic oxidation sites excluding steroid dienone is 2. The first kappa shape index (κ1) is 7.78. The minimum Gasteiger partial charge on any atom is -0.295 e. The third kappa shape index (κ3) is 0.806. The van der Waals surface area contributed by atoms with Gasteiger partial charge in [-0.3, -0.25) is 4.79 Å². The highest BCUT2D eigenvalue weighted by atomic mass is 16.1. The van der Waals surface area contributed by atoms with Crippen molar-refractivity contribution in [2.75, 3.05) is 0 Å². The quantitative estimate of drug-likeness (QED) is 0.554. The standard InChI is InChI=1S/C12H16O/c1-11-4-3-8-6-12(8,2)10(11)5-9(13)7-11/h5,8H,3-4,6-7H2,1-2H3/t8-,11+,12+/m0/s1. The fraction of sp³-hybridized carbons (Fsp3) is 0.750. The molecule has 1 heteroatoms. The fourth-order valence-corrected chi connectivity index (χ4v) is 3.64. The monoisotopic (exact) mass is 176 g/mol. The van der Waals surface area contributed by atoms with Crippen LogP contribution in [0.4, 0.5) is 0 Å². The van der Waals surface area contributed by atoms with Crippen LogP contribution in [0.5, 0.6) is 0 Å². The lowest BCUT2D eigenvalue weighted by Gasteiger charge is -2.36. The molecular weight excluding hydrogens is 160 g/mol. The number of ketones is 1. The number of rotatable bonds is 0. The molecular formula is C12H16O. The van der Waals surface area contributed by atoms with Gasteiger partial charge in [-0.05, 0) is 42.1 Å². The molecule has 0 aliphatic heterocycles. The molecule has 0 unspecified atom stereocenters. The Labute approximate surface area is 79.2 Å². The van der Waals surface area contributed by atoms with Crippen molar-refractivity contribution < 1.29 is 4.79 Å². The molecule has 0 aromatic rings. The van der Waals surface area contributed by atoms with Crippen LogP contribution in [0.25, 0.3) is 0 Å². The minimum absolute atomic E-state index is 0.249. The maximum Gasteiger partial charge on any atom is 0.156 e. The number of hydrogen-bond donors (Lipinski definition) is 0. The smallest absolute Gasteiger partial charge is 0.156 e. The molecule has 0 aromatic heterocycles. The molecule has 3 aliphatic rings. The average molecular weight is 176 g/mol. The molecule has 3 atom stereocenters. The second-order valence-corrected chi connectivity index (χ2v) is 5.62. The van der Waals surface area contributed by atoms with Crippen molar-refractivity contribution in [2.24, 2.45) is 16.7 Å². The molecule has 13 heavy (non-hydrogen) atoms. The van der Waals surface area contributed by atoms with Gasteiger partial charge in [0.05, 0.1) is 0 Å². The third-order valence-electron chi connectivity index (χ3n) is 4.59. The largest absolute Gasteiger partial charge is 0.295 e. The van der Waals surface area contributed by atoms with Gasteiger partial charge in [0.15, 0.2) is 5.78 Å². The van der Waals surface area contributed by atoms with Crippen LogP contribution in [-0.2, 0) is 4.79 Å². The van der Waals surface area contributed by atoms with Crippen molar-refractivity contribution >= 4 is 5.78 Å². The number of carbonyl (C=O) groups excluding carboxylic acids is 1. The zero-order valence-corrected chi connectivity index (χ0v) is 8.39. The van der Waals surface area contributed by atoms with Crippen LogP contribution >= 0.6 is 0 Å². The van der Waals surface area contributed by atoms with E-state index < -0.39 is 0 Å². The van der Waals surface area contributed by atoms with E-state index in [1.807, 2.05) is 6.08 Å². The summed E-state index contributed by atoms with van der Waals surface area (Å²) >= 11 is 0. The molecule has 2 fully saturated rings. The van der Waals surface area contributed by atoms with Gasteiger partial charge < -0.3 is 0 Å². The molecule has 3 rings (SSSR count). The number of carbonyl (C=O) groups is 1. The number of fused-ring (bicyclic) bond motifs is 3. The van der Waals surface area contributed by atoms with Crippen LogP contribution in [-0.4, -0.2) is 5.78 Å². The highest BCUT2D eigenvalue weighted by Gasteiger charge is 2.61. The molecule has 0 bridgehead atoms. The van der Waals surface area contributed by atoms with Crippen LogP contribution in [0.15, 0.2) is 11.6 Å². The van der Waals surface area contributed by atoms with Crippen molar-refractivity contribution in [1.29, 1.82) is 0 Å². The third-order valence-corrected chi connectivity index (χ3v) is 4.59. The summed E-state index contributed by atoms with van der Waals surface area (Å²) in [6.07, 6.45) is 6.66. The van der Waals surface area contributed by atoms with Gasteiger partial charge in [0.1, 0.15) is 0 Å². The summed E-state index contributed by atoms with van der Waals surface area (Å²) in [6.45, 7) is 4.63. The molecule has 2 saturated carbocycles. The topological polar surface area (TPSA) is 17.1 Å². The Balaban J connectivity index is 2.09. The van der Waals surface area contributed by atoms with E-state index in [-0.39, 0.29) is 5.41 Å². The molecule has 70 valence electrons. The highest BCUT2D eigenvalue weighted by molar-refractivity contribution is 5.95. The van der Waals surface area contributed by atoms with Gasteiger partial charge in [-0.1, -0.05) is 19.4 Å². The van der Waals surface area contributed by atoms with Crippen LogP contribution in [0, 0.1) is 16.7 Å². The van der Waals surface area contributed by atoms with E-state index in [1.165, 1.54) is 24.8 Å². The lowest BCUT2D eigenvalue weighted by Crippen LogP contribution is -2.26. The SMILES string of the molecule is C[C@]12CC[C@H]3C[C@@]3(C)C1=CC(=O)C2. The van der Waals surface area contributed by atoms with Crippen molar-refractivity contribution in [3.63, 3.8) is 0 Å². The lowest BCUT2D eigenvalue weighted by molar-refractivity contribution is -0.115. The zero-order valence-electron chi connectivity index (χ0n) is 8.39. The van der Waals surface area contributed by atoms with Crippen molar-refractivity contribution in [3.8, 4) is 0 Å². The summed E-state index contributed by atoms with van der Waals surface area (Å²) in [7, 11) is 0. The van der Waals surface area contributed by atoms with Gasteiger partial charge in [-0.2, -0.15) is 0 Å². The predicted octanol–water partition coefficient (Wildman–Crippen LogP) is 2.71. The maximum atomic E-state index is 11.4. The van der Waals surface area contributed by atoms with Crippen molar-refractivity contribution in [1.82, 2.24) is 0 Å². The summed E-state index contributed by atoms with van der Waals surface area (Å²) in [5.41, 5.74) is 2.17. The Morgan fingerprint density at radius 1 is 1.46 bits per heavy atom. The maximum absolute atomic E-state index is 11.4. The van der Waals surface area contributed by atoms with Crippen LogP contribution in [0.1, 0.15) is 39.5 Å². The molecule has 0 saturated heterocycles. The zero-order chi connectivity index (χ0) is 9.27. The van der Waals surface area contributed by atoms with Gasteiger partial charge in [0.25, 0.3) is 0 Å². The van der Waals surface area contributed by atoms with Gasteiger partial charge in [0, 0.05) is 6.42 Å². The highest BCUT2D eigenvalue weighted by Crippen LogP contribution is 2.70. The van der Waals surface area contributed by atoms with Crippen LogP contribution < -0.4 is 0 Å². The van der Waals surface area contributed by atoms with Crippen LogP contribution in [0.2, 0.25) is 0 Å². The second kappa shape index (κ2) is 1.92. The Hall–Kier alpha value is -0.590. The lowest BCUT2D eigenvalue weighted by atomic mass is 9.68. The Morgan fingerprint density at radius 3 is 3.00 bits per heavy atom. The summed E-state index contributed by atoms with van der Waals surface area (Å²) in [4.78, 5) is 11.4. The van der Waals surface area contributed by atoms with Gasteiger partial charge in [-0.15, -0.1) is 0 Å². The first-order chi connectivity index (χ1) is 6.05. The van der Waals surface area contributed by atoms with Crippen molar-refractivity contribution in [3.05, 3.63) is 11.6 Å². The van der Waals surface area contributed by atoms with Gasteiger partial charge >= 0.3 is 0 Å². The molecule has 0 heterocycles. The van der Waals surface area contributed by atoms with E-state index in [4.69, 9.17) is 0 Å². The molecule has 1 nitrogen and oxygen atoms in total. The Kier molecular flexibility index (Phi) is 1.15. The summed E-state index contributed by atoms with van der Waals surface area (Å²) < 4.78 is 0. The second-order valence-electron chi connectivity index (χ2n) is 5.62. The normalized spacial score (nSPS) is 52.6. The molecule has 0 spiro atoms. The Bertz CT molecular complexity index is 328. The molecule has 0 radical (unpaired) electrons. The first-order valence-electron chi connectivity index (χ1n) is 5.30. The fourth-order valence-electron chi connectivity index (χ4n) is 3.64. The van der Waals surface area contributed by atoms with Crippen LogP contribution in [0.3, 0.4) is 0 Å². The van der Waals surface area contributed by atoms with Crippen molar-refractivity contribution in [2.45, 2.75) is 39.5 Å². The summed E-state index contributed by atoms with van der Waals surface area (Å²) in [6, 6.07) is 0. The first-order valence-corrected chi connectivity index (χ1v) is 5.30. The Morgan fingerprint density at radius 2 is 2.23 bits per heavy atom. The molecule has 0 N–H and O–H groups in total. The van der Waals surface area contributed by atoms with Gasteiger partial charge in [0.2, 0.25) is 0 Å². The van der Waals surface area contributed by atoms with Gasteiger partial charge in [-0.25, -0.2) is 0 Å². The van der Waals surface area contributed by atoms with E-state index in [9.17, 15) is 4.79 Å². The van der Waals surface area contributed by atoms with E-state index in [0.29, 0.717) is 11.2 Å². The number of hydrogen-bond acceptors (Lipinski definition) is 1. The molecule has 0 aromatic carbocycles. The summed E-state index contributed by atoms with van der Waals surface area (Å²) in [5.74, 6) is 1.27. The van der Waals surface area contributed by atoms with E-state index in [2.05, 4.69) is 13.8 Å². The average Bonchev–Trinajstić information content (AvgIpc) is 2.60.